The quantitative estimate of drug-likeness (QED) is 0.712. The van der Waals surface area contributed by atoms with E-state index in [0.29, 0.717) is 31.2 Å². The molecule has 1 aromatic heterocycles. The van der Waals surface area contributed by atoms with Crippen molar-refractivity contribution >= 4 is 10.8 Å². The SMILES string of the molecule is COCCn1cc(-c2cc(S(C)=O)ccc2OCC2CC2)cc(C)c1=O. The molecule has 1 fully saturated rings. The zero-order chi connectivity index (χ0) is 18.7. The van der Waals surface area contributed by atoms with Crippen molar-refractivity contribution in [2.75, 3.05) is 26.6 Å². The van der Waals surface area contributed by atoms with Crippen LogP contribution in [0.15, 0.2) is 40.2 Å². The molecule has 1 heterocycles. The maximum Gasteiger partial charge on any atom is 0.253 e. The van der Waals surface area contributed by atoms with E-state index < -0.39 is 10.8 Å². The van der Waals surface area contributed by atoms with E-state index in [0.717, 1.165) is 21.8 Å². The van der Waals surface area contributed by atoms with Gasteiger partial charge in [0.2, 0.25) is 0 Å². The van der Waals surface area contributed by atoms with Crippen LogP contribution in [0.2, 0.25) is 0 Å². The van der Waals surface area contributed by atoms with E-state index in [4.69, 9.17) is 9.47 Å². The lowest BCUT2D eigenvalue weighted by Gasteiger charge is -2.15. The van der Waals surface area contributed by atoms with Gasteiger partial charge in [0.15, 0.2) is 0 Å². The Morgan fingerprint density at radius 2 is 2.04 bits per heavy atom. The molecule has 1 aliphatic rings. The van der Waals surface area contributed by atoms with Crippen LogP contribution in [-0.4, -0.2) is 35.4 Å². The predicted molar refractivity (Wildman–Crippen MR) is 103 cm³/mol. The van der Waals surface area contributed by atoms with Gasteiger partial charge in [-0.15, -0.1) is 0 Å². The Balaban J connectivity index is 2.04. The van der Waals surface area contributed by atoms with Crippen molar-refractivity contribution in [2.24, 2.45) is 5.92 Å². The van der Waals surface area contributed by atoms with Gasteiger partial charge >= 0.3 is 0 Å². The molecule has 0 radical (unpaired) electrons. The highest BCUT2D eigenvalue weighted by Crippen LogP contribution is 2.35. The van der Waals surface area contributed by atoms with Gasteiger partial charge in [0, 0.05) is 58.5 Å². The molecule has 1 aromatic carbocycles. The van der Waals surface area contributed by atoms with Crippen LogP contribution < -0.4 is 10.3 Å². The Hall–Kier alpha value is -1.92. The van der Waals surface area contributed by atoms with Crippen molar-refractivity contribution in [3.8, 4) is 16.9 Å². The van der Waals surface area contributed by atoms with E-state index in [1.54, 1.807) is 17.9 Å². The van der Waals surface area contributed by atoms with Crippen molar-refractivity contribution in [3.05, 3.63) is 46.4 Å². The third-order valence-electron chi connectivity index (χ3n) is 4.57. The number of benzene rings is 1. The van der Waals surface area contributed by atoms with Crippen LogP contribution >= 0.6 is 0 Å². The standard InChI is InChI=1S/C20H25NO4S/c1-14-10-16(12-21(20(14)22)8-9-24-2)18-11-17(26(3)23)6-7-19(18)25-13-15-4-5-15/h6-7,10-12,15H,4-5,8-9,13H2,1-3H3. The molecule has 1 atom stereocenters. The normalized spacial score (nSPS) is 15.0. The summed E-state index contributed by atoms with van der Waals surface area (Å²) in [4.78, 5) is 13.1. The first-order valence-electron chi connectivity index (χ1n) is 8.80. The van der Waals surface area contributed by atoms with E-state index in [-0.39, 0.29) is 5.56 Å². The van der Waals surface area contributed by atoms with Crippen LogP contribution in [0, 0.1) is 12.8 Å². The number of ether oxygens (including phenoxy) is 2. The molecule has 0 N–H and O–H groups in total. The summed E-state index contributed by atoms with van der Waals surface area (Å²) in [5.74, 6) is 1.41. The second kappa shape index (κ2) is 8.18. The Morgan fingerprint density at radius 3 is 2.69 bits per heavy atom. The van der Waals surface area contributed by atoms with Crippen LogP contribution in [-0.2, 0) is 22.1 Å². The van der Waals surface area contributed by atoms with E-state index in [9.17, 15) is 9.00 Å². The van der Waals surface area contributed by atoms with Crippen molar-refractivity contribution < 1.29 is 13.7 Å². The summed E-state index contributed by atoms with van der Waals surface area (Å²) < 4.78 is 24.7. The average Bonchev–Trinajstić information content (AvgIpc) is 3.45. The monoisotopic (exact) mass is 375 g/mol. The van der Waals surface area contributed by atoms with Gasteiger partial charge in [-0.05, 0) is 49.9 Å². The van der Waals surface area contributed by atoms with Crippen LogP contribution in [0.4, 0.5) is 0 Å². The topological polar surface area (TPSA) is 57.5 Å². The molecule has 1 aliphatic carbocycles. The molecule has 0 bridgehead atoms. The summed E-state index contributed by atoms with van der Waals surface area (Å²) in [6, 6.07) is 7.50. The molecule has 5 nitrogen and oxygen atoms in total. The first-order valence-corrected chi connectivity index (χ1v) is 10.4. The fourth-order valence-corrected chi connectivity index (χ4v) is 3.36. The summed E-state index contributed by atoms with van der Waals surface area (Å²) in [5, 5.41) is 0. The third kappa shape index (κ3) is 4.43. The van der Waals surface area contributed by atoms with E-state index in [1.165, 1.54) is 12.8 Å². The van der Waals surface area contributed by atoms with Crippen LogP contribution in [0.3, 0.4) is 0 Å². The van der Waals surface area contributed by atoms with Gasteiger partial charge in [-0.1, -0.05) is 0 Å². The summed E-state index contributed by atoms with van der Waals surface area (Å²) in [6.45, 7) is 3.46. The lowest BCUT2D eigenvalue weighted by atomic mass is 10.0. The molecular formula is C20H25NO4S. The van der Waals surface area contributed by atoms with Crippen molar-refractivity contribution in [1.29, 1.82) is 0 Å². The Morgan fingerprint density at radius 1 is 1.27 bits per heavy atom. The van der Waals surface area contributed by atoms with Gasteiger partial charge in [0.1, 0.15) is 5.75 Å². The zero-order valence-corrected chi connectivity index (χ0v) is 16.3. The molecule has 140 valence electrons. The summed E-state index contributed by atoms with van der Waals surface area (Å²) in [6.07, 6.45) is 5.92. The highest BCUT2D eigenvalue weighted by Gasteiger charge is 2.23. The minimum Gasteiger partial charge on any atom is -0.493 e. The number of hydrogen-bond acceptors (Lipinski definition) is 4. The maximum atomic E-state index is 12.4. The highest BCUT2D eigenvalue weighted by molar-refractivity contribution is 7.84. The number of methoxy groups -OCH3 is 1. The number of aryl methyl sites for hydroxylation is 1. The first kappa shape index (κ1) is 18.9. The molecule has 6 heteroatoms. The molecule has 0 spiro atoms. The highest BCUT2D eigenvalue weighted by atomic mass is 32.2. The second-order valence-corrected chi connectivity index (χ2v) is 8.15. The van der Waals surface area contributed by atoms with Crippen molar-refractivity contribution in [2.45, 2.75) is 31.2 Å². The molecule has 0 amide bonds. The van der Waals surface area contributed by atoms with Gasteiger partial charge in [0.05, 0.1) is 13.2 Å². The second-order valence-electron chi connectivity index (χ2n) is 6.77. The van der Waals surface area contributed by atoms with Gasteiger partial charge in [0.25, 0.3) is 5.56 Å². The van der Waals surface area contributed by atoms with Gasteiger partial charge in [-0.25, -0.2) is 0 Å². The molecular weight excluding hydrogens is 350 g/mol. The number of aromatic nitrogens is 1. The van der Waals surface area contributed by atoms with Crippen LogP contribution in [0.25, 0.3) is 11.1 Å². The Bertz CT molecular complexity index is 871. The molecule has 1 saturated carbocycles. The number of pyridine rings is 1. The van der Waals surface area contributed by atoms with Crippen LogP contribution in [0.5, 0.6) is 5.75 Å². The maximum absolute atomic E-state index is 12.4. The third-order valence-corrected chi connectivity index (χ3v) is 5.48. The lowest BCUT2D eigenvalue weighted by Crippen LogP contribution is -2.23. The predicted octanol–water partition coefficient (Wildman–Crippen LogP) is 3.00. The van der Waals surface area contributed by atoms with Crippen molar-refractivity contribution in [1.82, 2.24) is 4.57 Å². The molecule has 26 heavy (non-hydrogen) atoms. The minimum atomic E-state index is -1.09. The molecule has 0 aliphatic heterocycles. The number of rotatable bonds is 8. The molecule has 1 unspecified atom stereocenters. The molecule has 2 aromatic rings. The smallest absolute Gasteiger partial charge is 0.253 e. The van der Waals surface area contributed by atoms with E-state index >= 15 is 0 Å². The fraction of sp³-hybridized carbons (Fsp3) is 0.450. The zero-order valence-electron chi connectivity index (χ0n) is 15.5. The lowest BCUT2D eigenvalue weighted by molar-refractivity contribution is 0.186. The molecule has 0 saturated heterocycles. The summed E-state index contributed by atoms with van der Waals surface area (Å²) >= 11 is 0. The van der Waals surface area contributed by atoms with Gasteiger partial charge in [-0.2, -0.15) is 0 Å². The minimum absolute atomic E-state index is 0.0264. The van der Waals surface area contributed by atoms with E-state index in [2.05, 4.69) is 0 Å². The first-order chi connectivity index (χ1) is 12.5. The number of hydrogen-bond donors (Lipinski definition) is 0. The van der Waals surface area contributed by atoms with Crippen LogP contribution in [0.1, 0.15) is 18.4 Å². The van der Waals surface area contributed by atoms with E-state index in [1.807, 2.05) is 37.4 Å². The van der Waals surface area contributed by atoms with Crippen molar-refractivity contribution in [3.63, 3.8) is 0 Å². The molecule has 3 rings (SSSR count). The number of nitrogens with zero attached hydrogens (tertiary/aromatic N) is 1. The largest absolute Gasteiger partial charge is 0.493 e. The van der Waals surface area contributed by atoms with Gasteiger partial charge < -0.3 is 14.0 Å². The average molecular weight is 375 g/mol. The van der Waals surface area contributed by atoms with Gasteiger partial charge in [-0.3, -0.25) is 9.00 Å². The summed E-state index contributed by atoms with van der Waals surface area (Å²) in [5.41, 5.74) is 2.39. The summed E-state index contributed by atoms with van der Waals surface area (Å²) in [7, 11) is 0.531. The Labute approximate surface area is 156 Å². The Kier molecular flexibility index (Phi) is 5.94. The fourth-order valence-electron chi connectivity index (χ4n) is 2.82.